The zero-order valence-electron chi connectivity index (χ0n) is 24.4. The van der Waals surface area contributed by atoms with E-state index in [2.05, 4.69) is 47.7 Å². The van der Waals surface area contributed by atoms with Gasteiger partial charge in [0.15, 0.2) is 0 Å². The van der Waals surface area contributed by atoms with Gasteiger partial charge in [0.05, 0.1) is 23.9 Å². The number of rotatable bonds is 12. The Labute approximate surface area is 262 Å². The number of hydrogen-bond acceptors (Lipinski definition) is 4. The van der Waals surface area contributed by atoms with E-state index < -0.39 is 0 Å². The topological polar surface area (TPSA) is 79.0 Å². The van der Waals surface area contributed by atoms with Crippen molar-refractivity contribution in [1.29, 1.82) is 5.26 Å². The molecule has 0 aliphatic rings. The van der Waals surface area contributed by atoms with Crippen LogP contribution in [0.1, 0.15) is 70.8 Å². The van der Waals surface area contributed by atoms with Crippen molar-refractivity contribution in [1.82, 2.24) is 14.5 Å². The van der Waals surface area contributed by atoms with Crippen molar-refractivity contribution in [2.24, 2.45) is 0 Å². The lowest BCUT2D eigenvalue weighted by Gasteiger charge is -2.20. The molecule has 1 amide bonds. The maximum Gasteiger partial charge on any atom is 0.257 e. The van der Waals surface area contributed by atoms with Crippen LogP contribution in [0.5, 0.6) is 0 Å². The van der Waals surface area contributed by atoms with E-state index >= 15 is 0 Å². The van der Waals surface area contributed by atoms with Crippen LogP contribution in [0.15, 0.2) is 65.5 Å². The van der Waals surface area contributed by atoms with Gasteiger partial charge in [-0.25, -0.2) is 4.98 Å². The van der Waals surface area contributed by atoms with Gasteiger partial charge >= 0.3 is 0 Å². The summed E-state index contributed by atoms with van der Waals surface area (Å²) in [7, 11) is 0. The smallest absolute Gasteiger partial charge is 0.257 e. The van der Waals surface area contributed by atoms with Gasteiger partial charge in [-0.05, 0) is 62.6 Å². The summed E-state index contributed by atoms with van der Waals surface area (Å²) in [4.78, 5) is 33.5. The molecule has 0 unspecified atom stereocenters. The summed E-state index contributed by atoms with van der Waals surface area (Å²) < 4.78 is 2.60. The number of nitrogens with zero attached hydrogens (tertiary/aromatic N) is 4. The number of hydrogen-bond donors (Lipinski definition) is 0. The van der Waals surface area contributed by atoms with E-state index in [1.54, 1.807) is 10.6 Å². The molecule has 0 radical (unpaired) electrons. The fourth-order valence-corrected chi connectivity index (χ4v) is 5.56. The monoisotopic (exact) mass is 670 g/mol. The molecule has 0 fully saturated rings. The van der Waals surface area contributed by atoms with Crippen molar-refractivity contribution >= 4 is 28.5 Å². The molecule has 0 N–H and O–H groups in total. The van der Waals surface area contributed by atoms with Gasteiger partial charge in [-0.1, -0.05) is 78.4 Å². The molecule has 1 heterocycles. The molecule has 0 spiro atoms. The van der Waals surface area contributed by atoms with Gasteiger partial charge in [0, 0.05) is 51.8 Å². The highest BCUT2D eigenvalue weighted by molar-refractivity contribution is 14.1. The van der Waals surface area contributed by atoms with Gasteiger partial charge in [0.2, 0.25) is 0 Å². The number of amides is 1. The predicted molar refractivity (Wildman–Crippen MR) is 175 cm³/mol. The maximum absolute atomic E-state index is 13.9. The zero-order chi connectivity index (χ0) is 30.1. The number of aryl methyl sites for hydroxylation is 2. The number of benzene rings is 2. The molecule has 4 aromatic rings. The molecule has 3 aromatic carbocycles. The van der Waals surface area contributed by atoms with Crippen molar-refractivity contribution in [3.05, 3.63) is 122 Å². The first-order valence-corrected chi connectivity index (χ1v) is 15.9. The third-order valence-electron chi connectivity index (χ3n) is 7.38. The highest BCUT2D eigenvalue weighted by atomic mass is 127. The predicted octanol–water partition coefficient (Wildman–Crippen LogP) is 6.57. The molecule has 7 heteroatoms. The van der Waals surface area contributed by atoms with Crippen LogP contribution in [0.25, 0.3) is 11.1 Å². The number of nitriles is 1. The van der Waals surface area contributed by atoms with Crippen LogP contribution in [0, 0.1) is 30.4 Å². The van der Waals surface area contributed by atoms with Crippen molar-refractivity contribution in [2.75, 3.05) is 17.5 Å². The van der Waals surface area contributed by atoms with Crippen molar-refractivity contribution in [3.63, 3.8) is 0 Å². The standard InChI is InChI=1S/C35H35IN4O2/c1-4-6-11-33-32(22-26-12-16-28(17-13-26)31-10-8-7-9-30(31)23-37)35(42)40(25(3)38-33)24-27-14-18-29(19-15-27)34(41)39(5-2)21-20-36/h7-10,12,14-16,18-19H,4-6,11,20-22,24H2,1-3H3. The number of carbonyl (C=O) groups excluding carboxylic acids is 1. The van der Waals surface area contributed by atoms with Gasteiger partial charge in [0.25, 0.3) is 11.5 Å². The van der Waals surface area contributed by atoms with Crippen LogP contribution in [0.3, 0.4) is 0 Å². The Kier molecular flexibility index (Phi) is 10.9. The minimum atomic E-state index is -0.0553. The molecule has 0 saturated carbocycles. The summed E-state index contributed by atoms with van der Waals surface area (Å²) in [6, 6.07) is 27.5. The van der Waals surface area contributed by atoms with E-state index in [0.717, 1.165) is 58.2 Å². The van der Waals surface area contributed by atoms with Gasteiger partial charge < -0.3 is 4.90 Å². The Balaban J connectivity index is 1.62. The SMILES string of the molecule is CCCCc1nc(C)n(Cc2ccc(C(=O)N(CC)CCI)cc2)c(=O)c1Cc1c#cc(-c2ccccc2C#N)cc1. The molecule has 42 heavy (non-hydrogen) atoms. The lowest BCUT2D eigenvalue weighted by Crippen LogP contribution is -2.32. The number of carbonyl (C=O) groups is 1. The van der Waals surface area contributed by atoms with E-state index in [1.807, 2.05) is 73.3 Å². The zero-order valence-corrected chi connectivity index (χ0v) is 26.6. The third kappa shape index (κ3) is 7.27. The van der Waals surface area contributed by atoms with Crippen LogP contribution >= 0.6 is 22.6 Å². The average molecular weight is 671 g/mol. The first-order valence-electron chi connectivity index (χ1n) is 14.4. The normalized spacial score (nSPS) is 10.6. The molecular formula is C35H35IN4O2. The Morgan fingerprint density at radius 1 is 1.07 bits per heavy atom. The van der Waals surface area contributed by atoms with E-state index in [1.165, 1.54) is 0 Å². The number of unbranched alkanes of at least 4 members (excludes halogenated alkanes) is 1. The Bertz CT molecular complexity index is 1620. The molecule has 0 bridgehead atoms. The maximum atomic E-state index is 13.9. The van der Waals surface area contributed by atoms with Crippen molar-refractivity contribution in [3.8, 4) is 17.2 Å². The fourth-order valence-electron chi connectivity index (χ4n) is 4.98. The first-order chi connectivity index (χ1) is 20.4. The van der Waals surface area contributed by atoms with Crippen LogP contribution in [0.4, 0.5) is 0 Å². The van der Waals surface area contributed by atoms with Gasteiger partial charge in [-0.3, -0.25) is 14.2 Å². The quantitative estimate of drug-likeness (QED) is 0.126. The van der Waals surface area contributed by atoms with Gasteiger partial charge in [-0.15, -0.1) is 0 Å². The second kappa shape index (κ2) is 14.8. The molecule has 0 aliphatic heterocycles. The minimum Gasteiger partial charge on any atom is -0.338 e. The van der Waals surface area contributed by atoms with Crippen molar-refractivity contribution < 1.29 is 4.79 Å². The summed E-state index contributed by atoms with van der Waals surface area (Å²) in [5.74, 6) is 0.696. The summed E-state index contributed by atoms with van der Waals surface area (Å²) >= 11 is 2.28. The minimum absolute atomic E-state index is 0.0217. The summed E-state index contributed by atoms with van der Waals surface area (Å²) in [6.07, 6.45) is 3.10. The Morgan fingerprint density at radius 2 is 1.83 bits per heavy atom. The van der Waals surface area contributed by atoms with Crippen molar-refractivity contribution in [2.45, 2.75) is 53.0 Å². The van der Waals surface area contributed by atoms with Crippen LogP contribution in [-0.4, -0.2) is 37.9 Å². The third-order valence-corrected chi connectivity index (χ3v) is 7.87. The Morgan fingerprint density at radius 3 is 2.48 bits per heavy atom. The molecule has 214 valence electrons. The molecule has 6 nitrogen and oxygen atoms in total. The number of aromatic nitrogens is 2. The lowest BCUT2D eigenvalue weighted by atomic mass is 9.98. The van der Waals surface area contributed by atoms with E-state index in [0.29, 0.717) is 42.0 Å². The second-order valence-corrected chi connectivity index (χ2v) is 11.3. The fraction of sp³-hybridized carbons (Fsp3) is 0.314. The van der Waals surface area contributed by atoms with Crippen LogP contribution in [0.2, 0.25) is 0 Å². The molecule has 0 saturated heterocycles. The summed E-state index contributed by atoms with van der Waals surface area (Å²) in [6.45, 7) is 7.75. The lowest BCUT2D eigenvalue weighted by molar-refractivity contribution is 0.0775. The van der Waals surface area contributed by atoms with E-state index in [9.17, 15) is 14.9 Å². The summed E-state index contributed by atoms with van der Waals surface area (Å²) in [5.41, 5.74) is 6.06. The number of halogens is 1. The van der Waals surface area contributed by atoms with Gasteiger partial charge in [0.1, 0.15) is 5.82 Å². The second-order valence-electron chi connectivity index (χ2n) is 10.2. The first kappa shape index (κ1) is 31.0. The highest BCUT2D eigenvalue weighted by Gasteiger charge is 2.17. The van der Waals surface area contributed by atoms with E-state index in [-0.39, 0.29) is 11.5 Å². The highest BCUT2D eigenvalue weighted by Crippen LogP contribution is 2.22. The molecular weight excluding hydrogens is 635 g/mol. The largest absolute Gasteiger partial charge is 0.338 e. The van der Waals surface area contributed by atoms with Crippen LogP contribution < -0.4 is 5.56 Å². The molecule has 4 rings (SSSR count). The van der Waals surface area contributed by atoms with Crippen LogP contribution in [-0.2, 0) is 19.4 Å². The van der Waals surface area contributed by atoms with E-state index in [4.69, 9.17) is 4.98 Å². The molecule has 1 aromatic heterocycles. The average Bonchev–Trinajstić information content (AvgIpc) is 3.02. The van der Waals surface area contributed by atoms with Gasteiger partial charge in [-0.2, -0.15) is 5.26 Å². The number of alkyl halides is 1. The Hall–Kier alpha value is -3.95. The molecule has 0 atom stereocenters. The molecule has 0 aliphatic carbocycles. The summed E-state index contributed by atoms with van der Waals surface area (Å²) in [5, 5.41) is 9.47.